The third kappa shape index (κ3) is 3.23. The number of anilines is 2. The maximum absolute atomic E-state index is 6.13. The summed E-state index contributed by atoms with van der Waals surface area (Å²) in [6, 6.07) is 0. The Labute approximate surface area is 116 Å². The number of aromatic nitrogens is 2. The zero-order valence-corrected chi connectivity index (χ0v) is 12.6. The first-order valence-electron chi connectivity index (χ1n) is 7.70. The average Bonchev–Trinajstić information content (AvgIpc) is 2.72. The van der Waals surface area contributed by atoms with E-state index in [1.165, 1.54) is 32.1 Å². The van der Waals surface area contributed by atoms with Crippen molar-refractivity contribution in [3.63, 3.8) is 0 Å². The van der Waals surface area contributed by atoms with E-state index in [0.717, 1.165) is 42.0 Å². The number of nitrogen functional groups attached to an aromatic ring is 1. The fraction of sp³-hybridized carbons (Fsp3) is 0.800. The van der Waals surface area contributed by atoms with Crippen LogP contribution < -0.4 is 11.1 Å². The average molecular weight is 264 g/mol. The SMILES string of the molecule is CCc1nn(C)c(NCC2CCC(CC)CC2)c1N. The van der Waals surface area contributed by atoms with E-state index >= 15 is 0 Å². The molecule has 0 aliphatic heterocycles. The molecule has 19 heavy (non-hydrogen) atoms. The van der Waals surface area contributed by atoms with Crippen LogP contribution in [-0.4, -0.2) is 16.3 Å². The van der Waals surface area contributed by atoms with Crippen molar-refractivity contribution in [1.82, 2.24) is 9.78 Å². The van der Waals surface area contributed by atoms with Gasteiger partial charge in [-0.1, -0.05) is 33.1 Å². The van der Waals surface area contributed by atoms with Crippen LogP contribution in [0.1, 0.15) is 51.6 Å². The predicted octanol–water partition coefficient (Wildman–Crippen LogP) is 3.19. The normalized spacial score (nSPS) is 23.5. The van der Waals surface area contributed by atoms with E-state index in [1.54, 1.807) is 0 Å². The van der Waals surface area contributed by atoms with Gasteiger partial charge in [-0.15, -0.1) is 0 Å². The van der Waals surface area contributed by atoms with Gasteiger partial charge in [0.2, 0.25) is 0 Å². The Kier molecular flexibility index (Phi) is 4.72. The summed E-state index contributed by atoms with van der Waals surface area (Å²) in [5.41, 5.74) is 7.95. The lowest BCUT2D eigenvalue weighted by molar-refractivity contribution is 0.278. The smallest absolute Gasteiger partial charge is 0.147 e. The van der Waals surface area contributed by atoms with Crippen LogP contribution >= 0.6 is 0 Å². The summed E-state index contributed by atoms with van der Waals surface area (Å²) < 4.78 is 1.88. The third-order valence-electron chi connectivity index (χ3n) is 4.60. The lowest BCUT2D eigenvalue weighted by Gasteiger charge is -2.28. The minimum absolute atomic E-state index is 0.794. The molecule has 3 N–H and O–H groups in total. The highest BCUT2D eigenvalue weighted by Crippen LogP contribution is 2.31. The zero-order valence-electron chi connectivity index (χ0n) is 12.6. The number of nitrogens with zero attached hydrogens (tertiary/aromatic N) is 2. The monoisotopic (exact) mass is 264 g/mol. The van der Waals surface area contributed by atoms with Gasteiger partial charge in [0.1, 0.15) is 5.82 Å². The van der Waals surface area contributed by atoms with Crippen LogP contribution in [0.5, 0.6) is 0 Å². The molecule has 1 saturated carbocycles. The van der Waals surface area contributed by atoms with Crippen molar-refractivity contribution in [2.45, 2.75) is 52.4 Å². The van der Waals surface area contributed by atoms with E-state index in [-0.39, 0.29) is 0 Å². The topological polar surface area (TPSA) is 55.9 Å². The molecule has 0 radical (unpaired) electrons. The second kappa shape index (κ2) is 6.31. The van der Waals surface area contributed by atoms with Crippen molar-refractivity contribution >= 4 is 11.5 Å². The fourth-order valence-corrected chi connectivity index (χ4v) is 3.15. The molecular formula is C15H28N4. The largest absolute Gasteiger partial charge is 0.394 e. The number of nitrogens with one attached hydrogen (secondary N) is 1. The number of nitrogens with two attached hydrogens (primary N) is 1. The predicted molar refractivity (Wildman–Crippen MR) is 81.2 cm³/mol. The number of hydrogen-bond donors (Lipinski definition) is 2. The maximum atomic E-state index is 6.13. The molecule has 0 atom stereocenters. The van der Waals surface area contributed by atoms with Gasteiger partial charge in [-0.25, -0.2) is 0 Å². The quantitative estimate of drug-likeness (QED) is 0.858. The molecule has 1 aromatic heterocycles. The van der Waals surface area contributed by atoms with Crippen molar-refractivity contribution in [2.24, 2.45) is 18.9 Å². The summed E-state index contributed by atoms with van der Waals surface area (Å²) in [5.74, 6) is 2.75. The first kappa shape index (κ1) is 14.2. The highest BCUT2D eigenvalue weighted by Gasteiger charge is 2.20. The Balaban J connectivity index is 1.88. The van der Waals surface area contributed by atoms with Crippen LogP contribution in [0.2, 0.25) is 0 Å². The van der Waals surface area contributed by atoms with Gasteiger partial charge in [0.05, 0.1) is 11.4 Å². The summed E-state index contributed by atoms with van der Waals surface area (Å²) in [4.78, 5) is 0. The second-order valence-corrected chi connectivity index (χ2v) is 5.86. The molecule has 4 heteroatoms. The molecule has 2 rings (SSSR count). The molecule has 0 unspecified atom stereocenters. The third-order valence-corrected chi connectivity index (χ3v) is 4.60. The lowest BCUT2D eigenvalue weighted by atomic mass is 9.81. The lowest BCUT2D eigenvalue weighted by Crippen LogP contribution is -2.22. The van der Waals surface area contributed by atoms with Crippen molar-refractivity contribution in [2.75, 3.05) is 17.6 Å². The van der Waals surface area contributed by atoms with Crippen molar-refractivity contribution in [3.05, 3.63) is 5.69 Å². The Morgan fingerprint density at radius 1 is 1.21 bits per heavy atom. The Morgan fingerprint density at radius 2 is 1.84 bits per heavy atom. The van der Waals surface area contributed by atoms with E-state index in [2.05, 4.69) is 24.3 Å². The number of rotatable bonds is 5. The minimum Gasteiger partial charge on any atom is -0.394 e. The maximum Gasteiger partial charge on any atom is 0.147 e. The van der Waals surface area contributed by atoms with E-state index in [0.29, 0.717) is 0 Å². The van der Waals surface area contributed by atoms with E-state index in [9.17, 15) is 0 Å². The van der Waals surface area contributed by atoms with Crippen LogP contribution in [0, 0.1) is 11.8 Å². The second-order valence-electron chi connectivity index (χ2n) is 5.86. The molecule has 0 bridgehead atoms. The highest BCUT2D eigenvalue weighted by molar-refractivity contribution is 5.64. The van der Waals surface area contributed by atoms with Gasteiger partial charge in [-0.3, -0.25) is 4.68 Å². The molecule has 1 fully saturated rings. The summed E-state index contributed by atoms with van der Waals surface area (Å²) in [5, 5.41) is 7.96. The van der Waals surface area contributed by atoms with Gasteiger partial charge in [-0.05, 0) is 31.1 Å². The van der Waals surface area contributed by atoms with Gasteiger partial charge in [0, 0.05) is 13.6 Å². The summed E-state index contributed by atoms with van der Waals surface area (Å²) >= 11 is 0. The Morgan fingerprint density at radius 3 is 2.37 bits per heavy atom. The molecule has 0 spiro atoms. The molecule has 1 aromatic rings. The molecule has 1 aliphatic carbocycles. The van der Waals surface area contributed by atoms with Gasteiger partial charge in [0.15, 0.2) is 0 Å². The summed E-state index contributed by atoms with van der Waals surface area (Å²) in [6.07, 6.45) is 7.72. The van der Waals surface area contributed by atoms with Crippen LogP contribution in [-0.2, 0) is 13.5 Å². The van der Waals surface area contributed by atoms with Crippen LogP contribution in [0.4, 0.5) is 11.5 Å². The molecule has 108 valence electrons. The molecular weight excluding hydrogens is 236 g/mol. The van der Waals surface area contributed by atoms with Crippen molar-refractivity contribution in [1.29, 1.82) is 0 Å². The van der Waals surface area contributed by atoms with E-state index < -0.39 is 0 Å². The number of hydrogen-bond acceptors (Lipinski definition) is 3. The van der Waals surface area contributed by atoms with Gasteiger partial charge < -0.3 is 11.1 Å². The van der Waals surface area contributed by atoms with Gasteiger partial charge >= 0.3 is 0 Å². The van der Waals surface area contributed by atoms with Gasteiger partial charge in [0.25, 0.3) is 0 Å². The molecule has 0 aromatic carbocycles. The molecule has 1 aliphatic rings. The zero-order chi connectivity index (χ0) is 13.8. The molecule has 1 heterocycles. The van der Waals surface area contributed by atoms with Gasteiger partial charge in [-0.2, -0.15) is 5.10 Å². The van der Waals surface area contributed by atoms with Crippen molar-refractivity contribution < 1.29 is 0 Å². The van der Waals surface area contributed by atoms with Crippen LogP contribution in [0.15, 0.2) is 0 Å². The van der Waals surface area contributed by atoms with E-state index in [1.807, 2.05) is 11.7 Å². The molecule has 0 amide bonds. The van der Waals surface area contributed by atoms with Crippen LogP contribution in [0.25, 0.3) is 0 Å². The summed E-state index contributed by atoms with van der Waals surface area (Å²) in [7, 11) is 1.96. The summed E-state index contributed by atoms with van der Waals surface area (Å²) in [6.45, 7) is 5.43. The molecule has 4 nitrogen and oxygen atoms in total. The first-order valence-corrected chi connectivity index (χ1v) is 7.70. The molecule has 0 saturated heterocycles. The van der Waals surface area contributed by atoms with Crippen LogP contribution in [0.3, 0.4) is 0 Å². The first-order chi connectivity index (χ1) is 9.15. The minimum atomic E-state index is 0.794. The van der Waals surface area contributed by atoms with E-state index in [4.69, 9.17) is 5.73 Å². The highest BCUT2D eigenvalue weighted by atomic mass is 15.3. The Bertz CT molecular complexity index is 403. The standard InChI is InChI=1S/C15H28N4/c1-4-11-6-8-12(9-7-11)10-17-15-14(16)13(5-2)18-19(15)3/h11-12,17H,4-10,16H2,1-3H3. The number of aryl methyl sites for hydroxylation is 2. The Hall–Kier alpha value is -1.19. The van der Waals surface area contributed by atoms with Crippen molar-refractivity contribution in [3.8, 4) is 0 Å². The fourth-order valence-electron chi connectivity index (χ4n) is 3.15.